The topological polar surface area (TPSA) is 90.4 Å². The number of nitrogens with one attached hydrogen (secondary N) is 1. The van der Waals surface area contributed by atoms with Crippen molar-refractivity contribution in [3.8, 4) is 0 Å². The van der Waals surface area contributed by atoms with Gasteiger partial charge in [0.1, 0.15) is 11.2 Å². The number of carbonyl (C=O) groups is 1. The van der Waals surface area contributed by atoms with E-state index in [1.807, 2.05) is 45.9 Å². The van der Waals surface area contributed by atoms with E-state index in [1.165, 1.54) is 20.3 Å². The molecule has 0 spiro atoms. The maximum atomic E-state index is 13.1. The number of fused-ring (bicyclic) bond motifs is 3. The Labute approximate surface area is 176 Å². The van der Waals surface area contributed by atoms with Crippen LogP contribution >= 0.6 is 11.3 Å². The quantitative estimate of drug-likeness (QED) is 0.532. The van der Waals surface area contributed by atoms with Crippen molar-refractivity contribution >= 4 is 38.9 Å². The molecule has 0 aliphatic rings. The van der Waals surface area contributed by atoms with Crippen LogP contribution < -0.4 is 16.6 Å². The first-order valence-electron chi connectivity index (χ1n) is 9.73. The van der Waals surface area contributed by atoms with E-state index in [1.54, 1.807) is 11.4 Å². The maximum Gasteiger partial charge on any atom is 0.352 e. The highest BCUT2D eigenvalue weighted by Gasteiger charge is 2.20. The van der Waals surface area contributed by atoms with Crippen molar-refractivity contribution in [1.29, 1.82) is 0 Å². The fourth-order valence-electron chi connectivity index (χ4n) is 3.48. The third kappa shape index (κ3) is 3.35. The number of hydrogen-bond donors (Lipinski definition) is 1. The second kappa shape index (κ2) is 7.56. The van der Waals surface area contributed by atoms with E-state index in [0.29, 0.717) is 22.4 Å². The van der Waals surface area contributed by atoms with Gasteiger partial charge in [-0.05, 0) is 48.4 Å². The SMILES string of the molecule is Cc1cccc(NC(=O)Cn2nc3n(CC(C)C)c(=O)c4sccc4n3c2=O)c1C. The normalized spacial score (nSPS) is 11.6. The lowest BCUT2D eigenvalue weighted by molar-refractivity contribution is -0.117. The lowest BCUT2D eigenvalue weighted by atomic mass is 10.1. The Kier molecular flexibility index (Phi) is 5.07. The minimum absolute atomic E-state index is 0.168. The number of hydrogen-bond acceptors (Lipinski definition) is 5. The molecule has 30 heavy (non-hydrogen) atoms. The van der Waals surface area contributed by atoms with Crippen molar-refractivity contribution in [3.63, 3.8) is 0 Å². The predicted octanol–water partition coefficient (Wildman–Crippen LogP) is 2.78. The summed E-state index contributed by atoms with van der Waals surface area (Å²) in [7, 11) is 0. The minimum Gasteiger partial charge on any atom is -0.324 e. The molecule has 156 valence electrons. The third-order valence-corrected chi connectivity index (χ3v) is 6.00. The van der Waals surface area contributed by atoms with Crippen LogP contribution in [0.4, 0.5) is 5.69 Å². The van der Waals surface area contributed by atoms with Crippen LogP contribution in [0.1, 0.15) is 25.0 Å². The number of benzene rings is 1. The van der Waals surface area contributed by atoms with E-state index < -0.39 is 5.69 Å². The van der Waals surface area contributed by atoms with Crippen molar-refractivity contribution < 1.29 is 4.79 Å². The first kappa shape index (κ1) is 20.1. The summed E-state index contributed by atoms with van der Waals surface area (Å²) < 4.78 is 4.55. The van der Waals surface area contributed by atoms with Gasteiger partial charge >= 0.3 is 5.69 Å². The first-order chi connectivity index (χ1) is 14.3. The molecule has 0 unspecified atom stereocenters. The van der Waals surface area contributed by atoms with Crippen LogP contribution in [0.25, 0.3) is 16.0 Å². The Bertz CT molecular complexity index is 1390. The van der Waals surface area contributed by atoms with E-state index in [2.05, 4.69) is 10.4 Å². The highest BCUT2D eigenvalue weighted by Crippen LogP contribution is 2.19. The van der Waals surface area contributed by atoms with E-state index in [4.69, 9.17) is 0 Å². The Morgan fingerprint density at radius 3 is 2.70 bits per heavy atom. The third-order valence-electron chi connectivity index (χ3n) is 5.11. The van der Waals surface area contributed by atoms with E-state index in [-0.39, 0.29) is 29.7 Å². The Hall–Kier alpha value is -3.20. The number of carbonyl (C=O) groups excluding carboxylic acids is 1. The molecule has 1 N–H and O–H groups in total. The van der Waals surface area contributed by atoms with Crippen molar-refractivity contribution in [2.45, 2.75) is 40.8 Å². The summed E-state index contributed by atoms with van der Waals surface area (Å²) >= 11 is 1.30. The maximum absolute atomic E-state index is 13.1. The molecule has 0 saturated carbocycles. The summed E-state index contributed by atoms with van der Waals surface area (Å²) in [6.07, 6.45) is 0. The Balaban J connectivity index is 1.78. The second-order valence-corrected chi connectivity index (χ2v) is 8.73. The van der Waals surface area contributed by atoms with Crippen LogP contribution in [0.5, 0.6) is 0 Å². The fraction of sp³-hybridized carbons (Fsp3) is 0.333. The lowest BCUT2D eigenvalue weighted by Crippen LogP contribution is -2.29. The molecule has 0 fully saturated rings. The van der Waals surface area contributed by atoms with Crippen molar-refractivity contribution in [2.24, 2.45) is 5.92 Å². The van der Waals surface area contributed by atoms with Gasteiger partial charge in [-0.3, -0.25) is 14.2 Å². The summed E-state index contributed by atoms with van der Waals surface area (Å²) in [6, 6.07) is 7.39. The van der Waals surface area contributed by atoms with Crippen LogP contribution in [0.3, 0.4) is 0 Å². The first-order valence-corrected chi connectivity index (χ1v) is 10.6. The highest BCUT2D eigenvalue weighted by atomic mass is 32.1. The van der Waals surface area contributed by atoms with Gasteiger partial charge in [-0.1, -0.05) is 26.0 Å². The number of anilines is 1. The number of thiophene rings is 1. The van der Waals surface area contributed by atoms with Crippen LogP contribution in [0.2, 0.25) is 0 Å². The van der Waals surface area contributed by atoms with Gasteiger partial charge in [0.15, 0.2) is 0 Å². The molecule has 1 aromatic carbocycles. The highest BCUT2D eigenvalue weighted by molar-refractivity contribution is 7.17. The van der Waals surface area contributed by atoms with Gasteiger partial charge in [0.2, 0.25) is 11.7 Å². The molecule has 4 rings (SSSR count). The molecule has 4 aromatic rings. The molecular weight excluding hydrogens is 402 g/mol. The molecule has 0 radical (unpaired) electrons. The largest absolute Gasteiger partial charge is 0.352 e. The summed E-state index contributed by atoms with van der Waals surface area (Å²) in [4.78, 5) is 38.6. The van der Waals surface area contributed by atoms with Gasteiger partial charge in [-0.2, -0.15) is 0 Å². The molecule has 0 atom stereocenters. The van der Waals surface area contributed by atoms with Crippen molar-refractivity contribution in [3.05, 3.63) is 61.6 Å². The number of aromatic nitrogens is 4. The molecule has 0 bridgehead atoms. The van der Waals surface area contributed by atoms with Gasteiger partial charge in [-0.25, -0.2) is 13.9 Å². The molecule has 9 heteroatoms. The van der Waals surface area contributed by atoms with Crippen molar-refractivity contribution in [1.82, 2.24) is 18.7 Å². The van der Waals surface area contributed by atoms with Gasteiger partial charge in [-0.15, -0.1) is 16.4 Å². The summed E-state index contributed by atoms with van der Waals surface area (Å²) in [5.41, 5.74) is 2.65. The van der Waals surface area contributed by atoms with Gasteiger partial charge in [0, 0.05) is 12.2 Å². The fourth-order valence-corrected chi connectivity index (χ4v) is 4.30. The zero-order valence-electron chi connectivity index (χ0n) is 17.3. The average Bonchev–Trinajstić information content (AvgIpc) is 3.28. The van der Waals surface area contributed by atoms with E-state index >= 15 is 0 Å². The molecule has 0 aliphatic carbocycles. The predicted molar refractivity (Wildman–Crippen MR) is 118 cm³/mol. The molecule has 0 saturated heterocycles. The van der Waals surface area contributed by atoms with Crippen LogP contribution in [0, 0.1) is 19.8 Å². The van der Waals surface area contributed by atoms with Crippen LogP contribution in [-0.2, 0) is 17.9 Å². The minimum atomic E-state index is -0.443. The lowest BCUT2D eigenvalue weighted by Gasteiger charge is -2.10. The number of amides is 1. The molecule has 3 heterocycles. The molecular formula is C21H23N5O3S. The monoisotopic (exact) mass is 425 g/mol. The smallest absolute Gasteiger partial charge is 0.324 e. The van der Waals surface area contributed by atoms with Crippen molar-refractivity contribution in [2.75, 3.05) is 5.32 Å². The van der Waals surface area contributed by atoms with Crippen LogP contribution in [0.15, 0.2) is 39.2 Å². The van der Waals surface area contributed by atoms with Crippen LogP contribution in [-0.4, -0.2) is 24.7 Å². The number of nitrogens with zero attached hydrogens (tertiary/aromatic N) is 4. The van der Waals surface area contributed by atoms with E-state index in [9.17, 15) is 14.4 Å². The average molecular weight is 426 g/mol. The van der Waals surface area contributed by atoms with Gasteiger partial charge < -0.3 is 5.32 Å². The standard InChI is InChI=1S/C21H23N5O3S/c1-12(2)10-24-19(28)18-16(8-9-30-18)26-20(24)23-25(21(26)29)11-17(27)22-15-7-5-6-13(3)14(15)4/h5-9,12H,10-11H2,1-4H3,(H,22,27). The van der Waals surface area contributed by atoms with Gasteiger partial charge in [0.25, 0.3) is 5.56 Å². The zero-order valence-corrected chi connectivity index (χ0v) is 18.1. The number of aryl methyl sites for hydroxylation is 1. The molecule has 1 amide bonds. The zero-order chi connectivity index (χ0) is 21.6. The van der Waals surface area contributed by atoms with E-state index in [0.717, 1.165) is 15.8 Å². The molecule has 3 aromatic heterocycles. The molecule has 0 aliphatic heterocycles. The Morgan fingerprint density at radius 2 is 1.97 bits per heavy atom. The summed E-state index contributed by atoms with van der Waals surface area (Å²) in [5.74, 6) is 0.0921. The molecule has 8 nitrogen and oxygen atoms in total. The number of rotatable bonds is 5. The second-order valence-electron chi connectivity index (χ2n) is 7.82. The summed E-state index contributed by atoms with van der Waals surface area (Å²) in [6.45, 7) is 8.08. The van der Waals surface area contributed by atoms with Gasteiger partial charge in [0.05, 0.1) is 5.52 Å². The summed E-state index contributed by atoms with van der Waals surface area (Å²) in [5, 5.41) is 8.98. The Morgan fingerprint density at radius 1 is 1.20 bits per heavy atom.